The van der Waals surface area contributed by atoms with E-state index in [-0.39, 0.29) is 12.3 Å². The van der Waals surface area contributed by atoms with Gasteiger partial charge in [-0.05, 0) is 6.92 Å². The maximum atomic E-state index is 5.56. The van der Waals surface area contributed by atoms with Crippen molar-refractivity contribution in [1.29, 1.82) is 0 Å². The molecule has 8 nitrogen and oxygen atoms in total. The average Bonchev–Trinajstić information content (AvgIpc) is 3.56. The Balaban J connectivity index is 1.15. The fourth-order valence-corrected chi connectivity index (χ4v) is 4.76. The molecule has 1 aromatic carbocycles. The molecule has 2 aliphatic heterocycles. The molecule has 0 N–H and O–H groups in total. The minimum atomic E-state index is -0.281. The van der Waals surface area contributed by atoms with Gasteiger partial charge in [0, 0.05) is 49.4 Å². The van der Waals surface area contributed by atoms with Crippen LogP contribution >= 0.6 is 11.3 Å². The zero-order valence-electron chi connectivity index (χ0n) is 16.9. The lowest BCUT2D eigenvalue weighted by Gasteiger charge is -2.36. The molecule has 2 aromatic heterocycles. The van der Waals surface area contributed by atoms with E-state index in [0.29, 0.717) is 24.9 Å². The van der Waals surface area contributed by atoms with Crippen molar-refractivity contribution in [2.75, 3.05) is 39.4 Å². The van der Waals surface area contributed by atoms with Crippen LogP contribution in [0.4, 0.5) is 0 Å². The molecule has 3 aromatic rings. The Bertz CT molecular complexity index is 948. The predicted molar refractivity (Wildman–Crippen MR) is 112 cm³/mol. The second kappa shape index (κ2) is 8.91. The summed E-state index contributed by atoms with van der Waals surface area (Å²) in [5.41, 5.74) is 0.974. The summed E-state index contributed by atoms with van der Waals surface area (Å²) in [7, 11) is 0. The molecule has 2 fully saturated rings. The van der Waals surface area contributed by atoms with Gasteiger partial charge in [-0.1, -0.05) is 35.5 Å². The predicted octanol–water partition coefficient (Wildman–Crippen LogP) is 3.12. The third-order valence-corrected chi connectivity index (χ3v) is 6.56. The topological polar surface area (TPSA) is 76.8 Å². The third kappa shape index (κ3) is 4.30. The average molecular weight is 428 g/mol. The summed E-state index contributed by atoms with van der Waals surface area (Å²) < 4.78 is 16.6. The van der Waals surface area contributed by atoms with E-state index in [9.17, 15) is 0 Å². The van der Waals surface area contributed by atoms with Gasteiger partial charge in [-0.15, -0.1) is 11.3 Å². The molecule has 2 saturated heterocycles. The summed E-state index contributed by atoms with van der Waals surface area (Å²) in [6.07, 6.45) is 1.67. The van der Waals surface area contributed by atoms with Crippen LogP contribution in [0, 0.1) is 0 Å². The molecule has 5 rings (SSSR count). The summed E-state index contributed by atoms with van der Waals surface area (Å²) in [6.45, 7) is 8.25. The van der Waals surface area contributed by atoms with Gasteiger partial charge in [-0.25, -0.2) is 4.98 Å². The number of ether oxygens (including phenoxy) is 2. The van der Waals surface area contributed by atoms with Crippen LogP contribution in [0.5, 0.6) is 0 Å². The highest BCUT2D eigenvalue weighted by Crippen LogP contribution is 2.28. The van der Waals surface area contributed by atoms with E-state index < -0.39 is 0 Å². The molecule has 4 heterocycles. The lowest BCUT2D eigenvalue weighted by Crippen LogP contribution is -2.46. The number of benzene rings is 1. The Morgan fingerprint density at radius 3 is 2.63 bits per heavy atom. The first-order chi connectivity index (χ1) is 14.8. The number of nitrogens with zero attached hydrogens (tertiary/aromatic N) is 5. The lowest BCUT2D eigenvalue weighted by molar-refractivity contribution is -0.0442. The van der Waals surface area contributed by atoms with Crippen LogP contribution in [0.3, 0.4) is 0 Å². The minimum absolute atomic E-state index is 0.101. The van der Waals surface area contributed by atoms with Crippen molar-refractivity contribution in [1.82, 2.24) is 24.9 Å². The molecule has 0 radical (unpaired) electrons. The fraction of sp³-hybridized carbons (Fsp3) is 0.476. The van der Waals surface area contributed by atoms with Crippen LogP contribution in [-0.4, -0.2) is 64.3 Å². The molecular formula is C21H25N5O3S. The van der Waals surface area contributed by atoms with Gasteiger partial charge in [0.1, 0.15) is 5.01 Å². The van der Waals surface area contributed by atoms with E-state index in [0.717, 1.165) is 43.3 Å². The maximum Gasteiger partial charge on any atom is 0.244 e. The first kappa shape index (κ1) is 19.8. The Labute approximate surface area is 179 Å². The minimum Gasteiger partial charge on any atom is -0.344 e. The summed E-state index contributed by atoms with van der Waals surface area (Å²) in [5, 5.41) is 5.08. The van der Waals surface area contributed by atoms with Crippen LogP contribution < -0.4 is 0 Å². The van der Waals surface area contributed by atoms with E-state index in [2.05, 4.69) is 31.8 Å². The molecule has 9 heteroatoms. The highest BCUT2D eigenvalue weighted by Gasteiger charge is 2.27. The highest BCUT2D eigenvalue weighted by molar-refractivity contribution is 7.11. The Kier molecular flexibility index (Phi) is 5.87. The first-order valence-corrected chi connectivity index (χ1v) is 11.1. The van der Waals surface area contributed by atoms with Gasteiger partial charge in [0.15, 0.2) is 0 Å². The van der Waals surface area contributed by atoms with Crippen molar-refractivity contribution < 1.29 is 14.0 Å². The fourth-order valence-electron chi connectivity index (χ4n) is 3.80. The van der Waals surface area contributed by atoms with Gasteiger partial charge in [0.2, 0.25) is 18.0 Å². The Morgan fingerprint density at radius 2 is 1.87 bits per heavy atom. The molecule has 1 unspecified atom stereocenters. The van der Waals surface area contributed by atoms with Crippen LogP contribution in [0.25, 0.3) is 11.4 Å². The Morgan fingerprint density at radius 1 is 1.10 bits per heavy atom. The molecule has 0 saturated carbocycles. The van der Waals surface area contributed by atoms with Crippen molar-refractivity contribution >= 4 is 11.3 Å². The zero-order valence-corrected chi connectivity index (χ0v) is 17.8. The highest BCUT2D eigenvalue weighted by atomic mass is 32.1. The molecule has 30 heavy (non-hydrogen) atoms. The monoisotopic (exact) mass is 427 g/mol. The second-order valence-electron chi connectivity index (χ2n) is 7.55. The molecule has 0 aliphatic carbocycles. The van der Waals surface area contributed by atoms with E-state index in [1.165, 1.54) is 4.88 Å². The number of hydrogen-bond acceptors (Lipinski definition) is 9. The van der Waals surface area contributed by atoms with Crippen LogP contribution in [0.2, 0.25) is 0 Å². The van der Waals surface area contributed by atoms with Crippen molar-refractivity contribution in [3.8, 4) is 11.4 Å². The molecule has 0 amide bonds. The van der Waals surface area contributed by atoms with E-state index in [1.807, 2.05) is 36.5 Å². The number of hydrogen-bond donors (Lipinski definition) is 0. The smallest absolute Gasteiger partial charge is 0.244 e. The third-order valence-electron chi connectivity index (χ3n) is 5.56. The van der Waals surface area contributed by atoms with Gasteiger partial charge in [-0.3, -0.25) is 9.80 Å². The molecule has 0 spiro atoms. The quantitative estimate of drug-likeness (QED) is 0.594. The summed E-state index contributed by atoms with van der Waals surface area (Å²) in [4.78, 5) is 15.2. The van der Waals surface area contributed by atoms with Gasteiger partial charge < -0.3 is 14.0 Å². The molecule has 2 aliphatic rings. The number of aromatic nitrogens is 3. The van der Waals surface area contributed by atoms with Gasteiger partial charge >= 0.3 is 0 Å². The number of piperazine rings is 1. The van der Waals surface area contributed by atoms with Crippen molar-refractivity contribution in [3.05, 3.63) is 52.3 Å². The molecular weight excluding hydrogens is 402 g/mol. The van der Waals surface area contributed by atoms with Gasteiger partial charge in [-0.2, -0.15) is 4.98 Å². The van der Waals surface area contributed by atoms with Crippen LogP contribution in [-0.2, 0) is 16.0 Å². The summed E-state index contributed by atoms with van der Waals surface area (Å²) >= 11 is 1.68. The normalized spacial score (nSPS) is 20.0. The second-order valence-corrected chi connectivity index (χ2v) is 8.70. The SMILES string of the molecule is CC(c1nc(-c2ccccc2)no1)N1CCN(Cc2cnc(C3OCCO3)s2)CC1. The van der Waals surface area contributed by atoms with E-state index in [1.54, 1.807) is 11.3 Å². The Hall–Kier alpha value is -2.17. The molecule has 0 bridgehead atoms. The van der Waals surface area contributed by atoms with Gasteiger partial charge in [0.25, 0.3) is 0 Å². The van der Waals surface area contributed by atoms with E-state index in [4.69, 9.17) is 14.0 Å². The van der Waals surface area contributed by atoms with Crippen molar-refractivity contribution in [2.45, 2.75) is 25.8 Å². The summed E-state index contributed by atoms with van der Waals surface area (Å²) in [6, 6.07) is 10.0. The lowest BCUT2D eigenvalue weighted by atomic mass is 10.2. The number of thiazole rings is 1. The van der Waals surface area contributed by atoms with Crippen LogP contribution in [0.15, 0.2) is 41.1 Å². The van der Waals surface area contributed by atoms with Crippen LogP contribution in [0.1, 0.15) is 35.0 Å². The van der Waals surface area contributed by atoms with Crippen molar-refractivity contribution in [2.24, 2.45) is 0 Å². The van der Waals surface area contributed by atoms with E-state index >= 15 is 0 Å². The first-order valence-electron chi connectivity index (χ1n) is 10.3. The standard InChI is InChI=1S/C21H25N5O3S/c1-15(19-23-18(24-29-19)16-5-3-2-4-6-16)26-9-7-25(8-10-26)14-17-13-22-20(30-17)21-27-11-12-28-21/h2-6,13,15,21H,7-12,14H2,1H3. The molecule has 158 valence electrons. The largest absolute Gasteiger partial charge is 0.344 e. The molecule has 1 atom stereocenters. The maximum absolute atomic E-state index is 5.56. The zero-order chi connectivity index (χ0) is 20.3. The van der Waals surface area contributed by atoms with Crippen molar-refractivity contribution in [3.63, 3.8) is 0 Å². The number of rotatable bonds is 6. The van der Waals surface area contributed by atoms with Gasteiger partial charge in [0.05, 0.1) is 19.3 Å². The summed E-state index contributed by atoms with van der Waals surface area (Å²) in [5.74, 6) is 1.32.